The van der Waals surface area contributed by atoms with Crippen LogP contribution in [-0.2, 0) is 4.79 Å². The molecule has 0 unspecified atom stereocenters. The Morgan fingerprint density at radius 3 is 2.55 bits per heavy atom. The van der Waals surface area contributed by atoms with Crippen molar-refractivity contribution < 1.29 is 23.5 Å². The SMILES string of the molecule is C[C@@H]1c2ccccc2[C@H](F)CN1C(=O)c1cc(-c2ccncn2)n2nc(-c3ccc([C@H]4C[C@@H]4C(=O)O)cc3F)cc2n1. The summed E-state index contributed by atoms with van der Waals surface area (Å²) in [5.41, 5.74) is 3.68. The maximum Gasteiger partial charge on any atom is 0.307 e. The lowest BCUT2D eigenvalue weighted by Gasteiger charge is -2.36. The van der Waals surface area contributed by atoms with Gasteiger partial charge in [-0.3, -0.25) is 9.59 Å². The fraction of sp³-hybridized carbons (Fsp3) is 0.226. The van der Waals surface area contributed by atoms with Crippen molar-refractivity contribution in [3.8, 4) is 22.6 Å². The molecule has 0 bridgehead atoms. The number of nitrogens with zero attached hydrogens (tertiary/aromatic N) is 6. The van der Waals surface area contributed by atoms with Gasteiger partial charge in [-0.2, -0.15) is 5.10 Å². The minimum Gasteiger partial charge on any atom is -0.481 e. The molecule has 1 aliphatic heterocycles. The Morgan fingerprint density at radius 2 is 1.83 bits per heavy atom. The molecule has 4 atom stereocenters. The molecule has 0 saturated heterocycles. The molecule has 1 saturated carbocycles. The smallest absolute Gasteiger partial charge is 0.307 e. The number of alkyl halides is 1. The van der Waals surface area contributed by atoms with Crippen molar-refractivity contribution in [2.45, 2.75) is 31.5 Å². The van der Waals surface area contributed by atoms with Gasteiger partial charge in [-0.15, -0.1) is 0 Å². The zero-order chi connectivity index (χ0) is 29.1. The number of carboxylic acid groups (broad SMARTS) is 1. The monoisotopic (exact) mass is 566 g/mol. The van der Waals surface area contributed by atoms with E-state index in [9.17, 15) is 14.7 Å². The predicted octanol–water partition coefficient (Wildman–Crippen LogP) is 5.41. The van der Waals surface area contributed by atoms with E-state index in [1.54, 1.807) is 48.7 Å². The Labute approximate surface area is 238 Å². The molecular formula is C31H24F2N6O3. The minimum atomic E-state index is -1.33. The van der Waals surface area contributed by atoms with Crippen LogP contribution in [0.2, 0.25) is 0 Å². The fourth-order valence-electron chi connectivity index (χ4n) is 5.83. The molecule has 1 N–H and O–H groups in total. The summed E-state index contributed by atoms with van der Waals surface area (Å²) in [5, 5.41) is 13.8. The van der Waals surface area contributed by atoms with Crippen LogP contribution in [0.5, 0.6) is 0 Å². The molecule has 2 aliphatic rings. The minimum absolute atomic E-state index is 0.0743. The van der Waals surface area contributed by atoms with Gasteiger partial charge in [0.1, 0.15) is 24.0 Å². The Morgan fingerprint density at radius 1 is 1.02 bits per heavy atom. The molecule has 9 nitrogen and oxygen atoms in total. The molecule has 7 rings (SSSR count). The van der Waals surface area contributed by atoms with E-state index < -0.39 is 29.8 Å². The van der Waals surface area contributed by atoms with Crippen LogP contribution in [0.4, 0.5) is 8.78 Å². The van der Waals surface area contributed by atoms with E-state index in [0.29, 0.717) is 28.9 Å². The summed E-state index contributed by atoms with van der Waals surface area (Å²) < 4.78 is 31.9. The average Bonchev–Trinajstić information content (AvgIpc) is 3.71. The zero-order valence-corrected chi connectivity index (χ0v) is 22.4. The number of benzene rings is 2. The Hall–Kier alpha value is -5.06. The van der Waals surface area contributed by atoms with Crippen molar-refractivity contribution in [1.82, 2.24) is 29.5 Å². The van der Waals surface area contributed by atoms with Crippen LogP contribution < -0.4 is 0 Å². The van der Waals surface area contributed by atoms with Crippen LogP contribution >= 0.6 is 0 Å². The highest BCUT2D eigenvalue weighted by Gasteiger charge is 2.44. The summed E-state index contributed by atoms with van der Waals surface area (Å²) in [6, 6.07) is 16.2. The molecule has 0 radical (unpaired) electrons. The molecular weight excluding hydrogens is 542 g/mol. The topological polar surface area (TPSA) is 114 Å². The third kappa shape index (κ3) is 4.28. The largest absolute Gasteiger partial charge is 0.481 e. The number of amides is 1. The number of hydrogen-bond donors (Lipinski definition) is 1. The van der Waals surface area contributed by atoms with Gasteiger partial charge in [0, 0.05) is 17.8 Å². The summed E-state index contributed by atoms with van der Waals surface area (Å²) in [5.74, 6) is -2.58. The second-order valence-electron chi connectivity index (χ2n) is 10.7. The van der Waals surface area contributed by atoms with Crippen molar-refractivity contribution >= 4 is 17.5 Å². The van der Waals surface area contributed by atoms with E-state index in [-0.39, 0.29) is 41.1 Å². The first kappa shape index (κ1) is 25.9. The third-order valence-electron chi connectivity index (χ3n) is 8.16. The number of aliphatic carboxylic acids is 1. The lowest BCUT2D eigenvalue weighted by Crippen LogP contribution is -2.40. The molecule has 2 aromatic carbocycles. The summed E-state index contributed by atoms with van der Waals surface area (Å²) in [4.78, 5) is 39.4. The van der Waals surface area contributed by atoms with E-state index in [1.807, 2.05) is 19.1 Å². The maximum absolute atomic E-state index is 15.3. The van der Waals surface area contributed by atoms with Gasteiger partial charge in [-0.1, -0.05) is 30.3 Å². The zero-order valence-electron chi connectivity index (χ0n) is 22.4. The maximum atomic E-state index is 15.3. The number of carboxylic acids is 1. The molecule has 3 aromatic heterocycles. The first-order chi connectivity index (χ1) is 20.3. The van der Waals surface area contributed by atoms with Crippen molar-refractivity contribution in [3.63, 3.8) is 0 Å². The van der Waals surface area contributed by atoms with Crippen molar-refractivity contribution in [2.75, 3.05) is 6.54 Å². The Balaban J connectivity index is 1.30. The summed E-state index contributed by atoms with van der Waals surface area (Å²) in [7, 11) is 0. The quantitative estimate of drug-likeness (QED) is 0.303. The number of carbonyl (C=O) groups excluding carboxylic acids is 1. The van der Waals surface area contributed by atoms with E-state index in [4.69, 9.17) is 0 Å². The second kappa shape index (κ2) is 9.79. The van der Waals surface area contributed by atoms with E-state index in [1.165, 1.54) is 21.8 Å². The summed E-state index contributed by atoms with van der Waals surface area (Å²) in [6.45, 7) is 1.74. The lowest BCUT2D eigenvalue weighted by atomic mass is 9.92. The summed E-state index contributed by atoms with van der Waals surface area (Å²) >= 11 is 0. The first-order valence-corrected chi connectivity index (χ1v) is 13.5. The van der Waals surface area contributed by atoms with Crippen LogP contribution in [0.15, 0.2) is 73.2 Å². The van der Waals surface area contributed by atoms with Crippen LogP contribution in [0.25, 0.3) is 28.3 Å². The number of rotatable bonds is 5. The van der Waals surface area contributed by atoms with Gasteiger partial charge in [-0.05, 0) is 60.2 Å². The highest BCUT2D eigenvalue weighted by Crippen LogP contribution is 2.48. The molecule has 1 aliphatic carbocycles. The van der Waals surface area contributed by atoms with E-state index in [0.717, 1.165) is 5.56 Å². The highest BCUT2D eigenvalue weighted by molar-refractivity contribution is 5.94. The molecule has 11 heteroatoms. The predicted molar refractivity (Wildman–Crippen MR) is 148 cm³/mol. The molecule has 42 heavy (non-hydrogen) atoms. The molecule has 1 fully saturated rings. The van der Waals surface area contributed by atoms with Crippen LogP contribution in [0.3, 0.4) is 0 Å². The number of fused-ring (bicyclic) bond motifs is 2. The van der Waals surface area contributed by atoms with Gasteiger partial charge in [0.25, 0.3) is 5.91 Å². The van der Waals surface area contributed by atoms with Gasteiger partial charge >= 0.3 is 5.97 Å². The lowest BCUT2D eigenvalue weighted by molar-refractivity contribution is -0.138. The van der Waals surface area contributed by atoms with Crippen LogP contribution in [0, 0.1) is 11.7 Å². The number of hydrogen-bond acceptors (Lipinski definition) is 6. The average molecular weight is 567 g/mol. The van der Waals surface area contributed by atoms with Gasteiger partial charge in [0.15, 0.2) is 5.65 Å². The number of aromatic nitrogens is 5. The molecule has 0 spiro atoms. The van der Waals surface area contributed by atoms with Crippen molar-refractivity contribution in [1.29, 1.82) is 0 Å². The van der Waals surface area contributed by atoms with Crippen LogP contribution in [-0.4, -0.2) is 53.0 Å². The summed E-state index contributed by atoms with van der Waals surface area (Å²) in [6.07, 6.45) is 2.07. The number of carbonyl (C=O) groups is 2. The molecule has 5 aromatic rings. The van der Waals surface area contributed by atoms with Gasteiger partial charge in [0.2, 0.25) is 0 Å². The van der Waals surface area contributed by atoms with Gasteiger partial charge < -0.3 is 10.0 Å². The fourth-order valence-corrected chi connectivity index (χ4v) is 5.83. The molecule has 1 amide bonds. The number of halogens is 2. The van der Waals surface area contributed by atoms with Crippen molar-refractivity contribution in [3.05, 3.63) is 101 Å². The third-order valence-corrected chi connectivity index (χ3v) is 8.16. The molecule has 4 heterocycles. The van der Waals surface area contributed by atoms with E-state index in [2.05, 4.69) is 20.1 Å². The van der Waals surface area contributed by atoms with Gasteiger partial charge in [0.05, 0.1) is 35.6 Å². The first-order valence-electron chi connectivity index (χ1n) is 13.5. The van der Waals surface area contributed by atoms with Gasteiger partial charge in [-0.25, -0.2) is 28.2 Å². The normalized spacial score (nSPS) is 21.3. The second-order valence-corrected chi connectivity index (χ2v) is 10.7. The Kier molecular flexibility index (Phi) is 6.03. The highest BCUT2D eigenvalue weighted by atomic mass is 19.1. The van der Waals surface area contributed by atoms with Crippen LogP contribution in [0.1, 0.15) is 58.7 Å². The Bertz CT molecular complexity index is 1880. The van der Waals surface area contributed by atoms with Crippen molar-refractivity contribution in [2.24, 2.45) is 5.92 Å². The molecule has 210 valence electrons. The van der Waals surface area contributed by atoms with E-state index >= 15 is 8.78 Å². The standard InChI is InChI=1S/C31H24F2N6O3/c1-16-18-4-2-3-5-19(18)24(33)14-38(16)30(40)27-12-28(25-8-9-34-15-35-25)39-29(36-27)13-26(37-39)20-7-6-17(10-23(20)32)21-11-22(21)31(41)42/h2-10,12-13,15-16,21-22,24H,11,14H2,1H3,(H,41,42)/t16-,21-,22+,24-/m1/s1.